The van der Waals surface area contributed by atoms with Gasteiger partial charge in [-0.05, 0) is 42.0 Å². The van der Waals surface area contributed by atoms with Gasteiger partial charge in [-0.2, -0.15) is 4.31 Å². The Morgan fingerprint density at radius 1 is 1.04 bits per heavy atom. The Balaban J connectivity index is 1.77. The number of benzene rings is 2. The normalized spacial score (nSPS) is 25.3. The van der Waals surface area contributed by atoms with Gasteiger partial charge >= 0.3 is 0 Å². The zero-order valence-electron chi connectivity index (χ0n) is 15.5. The van der Waals surface area contributed by atoms with Crippen molar-refractivity contribution in [3.05, 3.63) is 65.2 Å². The Labute approximate surface area is 155 Å². The van der Waals surface area contributed by atoms with Crippen molar-refractivity contribution in [1.82, 2.24) is 4.31 Å². The van der Waals surface area contributed by atoms with Gasteiger partial charge in [0.15, 0.2) is 0 Å². The van der Waals surface area contributed by atoms with E-state index in [0.29, 0.717) is 24.6 Å². The van der Waals surface area contributed by atoms with Crippen LogP contribution in [0.25, 0.3) is 0 Å². The molecule has 4 nitrogen and oxygen atoms in total. The summed E-state index contributed by atoms with van der Waals surface area (Å²) >= 11 is 0. The maximum Gasteiger partial charge on any atom is 0.243 e. The molecule has 1 atom stereocenters. The van der Waals surface area contributed by atoms with Crippen molar-refractivity contribution in [1.29, 1.82) is 0 Å². The quantitative estimate of drug-likeness (QED) is 0.806. The molecule has 2 aliphatic rings. The molecular weight excluding hydrogens is 346 g/mol. The lowest BCUT2D eigenvalue weighted by Crippen LogP contribution is -2.48. The molecule has 0 aromatic heterocycles. The van der Waals surface area contributed by atoms with Crippen LogP contribution in [0, 0.1) is 12.3 Å². The summed E-state index contributed by atoms with van der Waals surface area (Å²) < 4.78 is 34.4. The highest BCUT2D eigenvalue weighted by molar-refractivity contribution is 7.89. The molecule has 0 radical (unpaired) electrons. The molecule has 0 unspecified atom stereocenters. The predicted molar refractivity (Wildman–Crippen MR) is 101 cm³/mol. The molecule has 0 N–H and O–H groups in total. The van der Waals surface area contributed by atoms with Gasteiger partial charge in [0.25, 0.3) is 0 Å². The van der Waals surface area contributed by atoms with Gasteiger partial charge in [-0.1, -0.05) is 55.8 Å². The van der Waals surface area contributed by atoms with Gasteiger partial charge < -0.3 is 4.74 Å². The number of aryl methyl sites for hydroxylation is 1. The van der Waals surface area contributed by atoms with Crippen LogP contribution in [-0.4, -0.2) is 25.9 Å². The molecule has 2 aromatic rings. The summed E-state index contributed by atoms with van der Waals surface area (Å²) in [7, 11) is -3.57. The Kier molecular flexibility index (Phi) is 4.03. The fraction of sp³-hybridized carbons (Fsp3) is 0.429. The van der Waals surface area contributed by atoms with E-state index in [-0.39, 0.29) is 5.41 Å². The van der Waals surface area contributed by atoms with Crippen molar-refractivity contribution < 1.29 is 13.2 Å². The first-order chi connectivity index (χ1) is 12.2. The summed E-state index contributed by atoms with van der Waals surface area (Å²) in [5.74, 6) is 0. The second kappa shape index (κ2) is 5.91. The Morgan fingerprint density at radius 3 is 2.38 bits per heavy atom. The first kappa shape index (κ1) is 17.7. The number of ether oxygens (including phenoxy) is 1. The zero-order valence-corrected chi connectivity index (χ0v) is 16.3. The van der Waals surface area contributed by atoms with E-state index < -0.39 is 15.6 Å². The summed E-state index contributed by atoms with van der Waals surface area (Å²) in [6, 6.07) is 15.2. The molecule has 2 heterocycles. The molecule has 138 valence electrons. The molecule has 0 bridgehead atoms. The summed E-state index contributed by atoms with van der Waals surface area (Å²) in [5.41, 5.74) is 2.69. The smallest absolute Gasteiger partial charge is 0.243 e. The predicted octanol–water partition coefficient (Wildman–Crippen LogP) is 3.84. The maximum atomic E-state index is 13.3. The van der Waals surface area contributed by atoms with Crippen LogP contribution in [0.3, 0.4) is 0 Å². The van der Waals surface area contributed by atoms with Gasteiger partial charge in [0.1, 0.15) is 5.60 Å². The van der Waals surface area contributed by atoms with E-state index in [9.17, 15) is 8.42 Å². The fourth-order valence-electron chi connectivity index (χ4n) is 4.23. The molecule has 0 aliphatic carbocycles. The van der Waals surface area contributed by atoms with Crippen LogP contribution in [0.4, 0.5) is 0 Å². The minimum absolute atomic E-state index is 0.0315. The van der Waals surface area contributed by atoms with E-state index in [2.05, 4.69) is 19.9 Å². The van der Waals surface area contributed by atoms with E-state index >= 15 is 0 Å². The van der Waals surface area contributed by atoms with E-state index in [1.54, 1.807) is 16.4 Å². The summed E-state index contributed by atoms with van der Waals surface area (Å²) in [6.07, 6.45) is 0.816. The molecule has 26 heavy (non-hydrogen) atoms. The Bertz CT molecular complexity index is 934. The van der Waals surface area contributed by atoms with Gasteiger partial charge in [-0.25, -0.2) is 8.42 Å². The summed E-state index contributed by atoms with van der Waals surface area (Å²) in [5, 5.41) is 0. The third-order valence-electron chi connectivity index (χ3n) is 5.45. The Morgan fingerprint density at radius 2 is 1.73 bits per heavy atom. The van der Waals surface area contributed by atoms with Gasteiger partial charge in [0.05, 0.1) is 11.5 Å². The highest BCUT2D eigenvalue weighted by Gasteiger charge is 2.51. The van der Waals surface area contributed by atoms with Crippen LogP contribution >= 0.6 is 0 Å². The van der Waals surface area contributed by atoms with E-state index in [4.69, 9.17) is 4.74 Å². The molecule has 0 saturated carbocycles. The first-order valence-corrected chi connectivity index (χ1v) is 10.5. The van der Waals surface area contributed by atoms with Gasteiger partial charge in [0, 0.05) is 13.1 Å². The average molecular weight is 372 g/mol. The maximum absolute atomic E-state index is 13.3. The standard InChI is InChI=1S/C21H25NO3S/c1-16-8-10-18(11-9-16)26(23,24)22-12-17-6-4-5-7-19(17)21(14-22)13-20(2,3)15-25-21/h4-11H,12-15H2,1-3H3/t21-/m0/s1. The van der Waals surface area contributed by atoms with Gasteiger partial charge in [-0.15, -0.1) is 0 Å². The lowest BCUT2D eigenvalue weighted by molar-refractivity contribution is -0.0241. The zero-order chi connectivity index (χ0) is 18.6. The highest BCUT2D eigenvalue weighted by Crippen LogP contribution is 2.49. The van der Waals surface area contributed by atoms with Crippen molar-refractivity contribution in [2.45, 2.75) is 44.2 Å². The summed E-state index contributed by atoms with van der Waals surface area (Å²) in [4.78, 5) is 0.342. The number of rotatable bonds is 2. The minimum Gasteiger partial charge on any atom is -0.368 e. The van der Waals surface area contributed by atoms with Crippen molar-refractivity contribution in [2.24, 2.45) is 5.41 Å². The molecule has 0 amide bonds. The van der Waals surface area contributed by atoms with Crippen molar-refractivity contribution in [3.63, 3.8) is 0 Å². The van der Waals surface area contributed by atoms with Crippen molar-refractivity contribution in [3.8, 4) is 0 Å². The largest absolute Gasteiger partial charge is 0.368 e. The van der Waals surface area contributed by atoms with Gasteiger partial charge in [-0.3, -0.25) is 0 Å². The minimum atomic E-state index is -3.57. The van der Waals surface area contributed by atoms with E-state index in [1.165, 1.54) is 0 Å². The van der Waals surface area contributed by atoms with Crippen LogP contribution < -0.4 is 0 Å². The highest BCUT2D eigenvalue weighted by atomic mass is 32.2. The molecule has 1 fully saturated rings. The molecule has 5 heteroatoms. The average Bonchev–Trinajstić information content (AvgIpc) is 2.90. The third-order valence-corrected chi connectivity index (χ3v) is 7.25. The first-order valence-electron chi connectivity index (χ1n) is 9.01. The number of fused-ring (bicyclic) bond motifs is 2. The van der Waals surface area contributed by atoms with Crippen LogP contribution in [-0.2, 0) is 26.9 Å². The molecule has 2 aliphatic heterocycles. The Hall–Kier alpha value is -1.69. The molecule has 4 rings (SSSR count). The van der Waals surface area contributed by atoms with Crippen molar-refractivity contribution >= 4 is 10.0 Å². The monoisotopic (exact) mass is 371 g/mol. The number of hydrogen-bond acceptors (Lipinski definition) is 3. The van der Waals surface area contributed by atoms with E-state index in [0.717, 1.165) is 23.1 Å². The molecule has 1 saturated heterocycles. The number of hydrogen-bond donors (Lipinski definition) is 0. The van der Waals surface area contributed by atoms with Gasteiger partial charge in [0.2, 0.25) is 10.0 Å². The third kappa shape index (κ3) is 2.88. The lowest BCUT2D eigenvalue weighted by Gasteiger charge is -2.41. The fourth-order valence-corrected chi connectivity index (χ4v) is 5.70. The van der Waals surface area contributed by atoms with Crippen LogP contribution in [0.15, 0.2) is 53.4 Å². The SMILES string of the molecule is Cc1ccc(S(=O)(=O)N2Cc3ccccc3[C@@]3(C2)CC(C)(C)CO3)cc1. The van der Waals surface area contributed by atoms with Crippen LogP contribution in [0.1, 0.15) is 37.0 Å². The molecule has 1 spiro atoms. The van der Waals surface area contributed by atoms with Crippen LogP contribution in [0.2, 0.25) is 0 Å². The number of sulfonamides is 1. The molecular formula is C21H25NO3S. The molecule has 2 aromatic carbocycles. The lowest BCUT2D eigenvalue weighted by atomic mass is 9.77. The summed E-state index contributed by atoms with van der Waals surface area (Å²) in [6.45, 7) is 7.70. The van der Waals surface area contributed by atoms with Crippen molar-refractivity contribution in [2.75, 3.05) is 13.2 Å². The second-order valence-corrected chi connectivity index (χ2v) is 10.3. The van der Waals surface area contributed by atoms with E-state index in [1.807, 2.05) is 37.3 Å². The van der Waals surface area contributed by atoms with Crippen LogP contribution in [0.5, 0.6) is 0 Å². The topological polar surface area (TPSA) is 46.6 Å². The number of nitrogens with zero attached hydrogens (tertiary/aromatic N) is 1. The second-order valence-electron chi connectivity index (χ2n) is 8.37.